The highest BCUT2D eigenvalue weighted by atomic mass is 16.2. The molecule has 5 heteroatoms. The Kier molecular flexibility index (Phi) is 5.27. The summed E-state index contributed by atoms with van der Waals surface area (Å²) in [5, 5.41) is 4.35. The molecule has 0 fully saturated rings. The summed E-state index contributed by atoms with van der Waals surface area (Å²) in [6.07, 6.45) is 0. The van der Waals surface area contributed by atoms with Crippen LogP contribution in [0.4, 0.5) is 0 Å². The van der Waals surface area contributed by atoms with Crippen LogP contribution in [0.3, 0.4) is 0 Å². The molecule has 1 amide bonds. The Morgan fingerprint density at radius 1 is 1.00 bits per heavy atom. The molecule has 0 bridgehead atoms. The molecule has 0 aliphatic carbocycles. The highest BCUT2D eigenvalue weighted by molar-refractivity contribution is 5.76. The molecule has 132 valence electrons. The van der Waals surface area contributed by atoms with E-state index in [1.54, 1.807) is 18.0 Å². The largest absolute Gasteiger partial charge is 0.337 e. The molecule has 1 heterocycles. The van der Waals surface area contributed by atoms with E-state index in [4.69, 9.17) is 0 Å². The second-order valence-electron chi connectivity index (χ2n) is 6.17. The van der Waals surface area contributed by atoms with Gasteiger partial charge < -0.3 is 4.90 Å². The first-order valence-corrected chi connectivity index (χ1v) is 8.50. The first kappa shape index (κ1) is 17.6. The Balaban J connectivity index is 1.80. The average molecular weight is 347 g/mol. The standard InChI is InChI=1S/C21H21N3O2/c1-16(17-9-5-3-6-10-17)23(2)21(26)15-24-20(25)14-13-19(22-24)18-11-7-4-8-12-18/h3-14,16H,15H2,1-2H3. The highest BCUT2D eigenvalue weighted by Crippen LogP contribution is 2.18. The number of hydrogen-bond acceptors (Lipinski definition) is 3. The van der Waals surface area contributed by atoms with Gasteiger partial charge in [-0.15, -0.1) is 0 Å². The zero-order chi connectivity index (χ0) is 18.5. The van der Waals surface area contributed by atoms with Crippen LogP contribution in [-0.4, -0.2) is 27.6 Å². The number of aromatic nitrogens is 2. The van der Waals surface area contributed by atoms with Crippen molar-refractivity contribution in [1.82, 2.24) is 14.7 Å². The van der Waals surface area contributed by atoms with Crippen LogP contribution in [0.5, 0.6) is 0 Å². The van der Waals surface area contributed by atoms with Crippen LogP contribution in [0.15, 0.2) is 77.6 Å². The van der Waals surface area contributed by atoms with E-state index in [1.807, 2.05) is 67.6 Å². The van der Waals surface area contributed by atoms with Crippen LogP contribution in [-0.2, 0) is 11.3 Å². The highest BCUT2D eigenvalue weighted by Gasteiger charge is 2.18. The van der Waals surface area contributed by atoms with Crippen LogP contribution in [0.2, 0.25) is 0 Å². The van der Waals surface area contributed by atoms with Crippen molar-refractivity contribution < 1.29 is 4.79 Å². The Labute approximate surface area is 152 Å². The number of carbonyl (C=O) groups is 1. The summed E-state index contributed by atoms with van der Waals surface area (Å²) in [7, 11) is 1.74. The first-order chi connectivity index (χ1) is 12.6. The zero-order valence-electron chi connectivity index (χ0n) is 14.9. The third-order valence-electron chi connectivity index (χ3n) is 4.48. The van der Waals surface area contributed by atoms with E-state index in [9.17, 15) is 9.59 Å². The third kappa shape index (κ3) is 3.88. The topological polar surface area (TPSA) is 55.2 Å². The number of benzene rings is 2. The molecular weight excluding hydrogens is 326 g/mol. The van der Waals surface area contributed by atoms with Crippen molar-refractivity contribution in [2.75, 3.05) is 7.05 Å². The lowest BCUT2D eigenvalue weighted by atomic mass is 10.1. The molecule has 2 aromatic carbocycles. The van der Waals surface area contributed by atoms with E-state index >= 15 is 0 Å². The molecule has 1 aromatic heterocycles. The molecule has 3 aromatic rings. The van der Waals surface area contributed by atoms with Gasteiger partial charge in [0, 0.05) is 18.7 Å². The molecule has 0 saturated carbocycles. The van der Waals surface area contributed by atoms with E-state index in [2.05, 4.69) is 5.10 Å². The second kappa shape index (κ2) is 7.78. The summed E-state index contributed by atoms with van der Waals surface area (Å²) in [5.41, 5.74) is 2.32. The maximum absolute atomic E-state index is 12.7. The second-order valence-corrected chi connectivity index (χ2v) is 6.17. The van der Waals surface area contributed by atoms with E-state index in [0.29, 0.717) is 5.69 Å². The molecule has 0 aliphatic heterocycles. The van der Waals surface area contributed by atoms with Gasteiger partial charge in [-0.2, -0.15) is 5.10 Å². The quantitative estimate of drug-likeness (QED) is 0.712. The lowest BCUT2D eigenvalue weighted by Gasteiger charge is -2.25. The number of nitrogens with zero attached hydrogens (tertiary/aromatic N) is 3. The van der Waals surface area contributed by atoms with Gasteiger partial charge in [-0.1, -0.05) is 60.7 Å². The Hall–Kier alpha value is -3.21. The monoisotopic (exact) mass is 347 g/mol. The predicted octanol–water partition coefficient (Wildman–Crippen LogP) is 3.13. The Morgan fingerprint density at radius 2 is 1.62 bits per heavy atom. The molecular formula is C21H21N3O2. The van der Waals surface area contributed by atoms with Gasteiger partial charge in [0.15, 0.2) is 0 Å². The minimum atomic E-state index is -0.293. The van der Waals surface area contributed by atoms with Crippen LogP contribution in [0.1, 0.15) is 18.5 Å². The number of carbonyl (C=O) groups excluding carboxylic acids is 1. The van der Waals surface area contributed by atoms with Gasteiger partial charge >= 0.3 is 0 Å². The van der Waals surface area contributed by atoms with Gasteiger partial charge in [-0.3, -0.25) is 9.59 Å². The lowest BCUT2D eigenvalue weighted by Crippen LogP contribution is -2.36. The maximum Gasteiger partial charge on any atom is 0.267 e. The molecule has 26 heavy (non-hydrogen) atoms. The van der Waals surface area contributed by atoms with Crippen molar-refractivity contribution in [3.05, 3.63) is 88.7 Å². The smallest absolute Gasteiger partial charge is 0.267 e. The van der Waals surface area contributed by atoms with Gasteiger partial charge in [0.2, 0.25) is 5.91 Å². The molecule has 0 aliphatic rings. The normalized spacial score (nSPS) is 11.8. The van der Waals surface area contributed by atoms with E-state index in [1.165, 1.54) is 10.7 Å². The fourth-order valence-electron chi connectivity index (χ4n) is 2.74. The number of rotatable bonds is 5. The lowest BCUT2D eigenvalue weighted by molar-refractivity contribution is -0.132. The fourth-order valence-corrected chi connectivity index (χ4v) is 2.74. The van der Waals surface area contributed by atoms with Crippen LogP contribution >= 0.6 is 0 Å². The molecule has 0 N–H and O–H groups in total. The van der Waals surface area contributed by atoms with Crippen LogP contribution in [0, 0.1) is 0 Å². The average Bonchev–Trinajstić information content (AvgIpc) is 2.69. The predicted molar refractivity (Wildman–Crippen MR) is 102 cm³/mol. The molecule has 0 spiro atoms. The maximum atomic E-state index is 12.7. The summed E-state index contributed by atoms with van der Waals surface area (Å²) >= 11 is 0. The van der Waals surface area contributed by atoms with Crippen molar-refractivity contribution in [1.29, 1.82) is 0 Å². The summed E-state index contributed by atoms with van der Waals surface area (Å²) in [6.45, 7) is 1.87. The van der Waals surface area contributed by atoms with Crippen LogP contribution < -0.4 is 5.56 Å². The van der Waals surface area contributed by atoms with Gasteiger partial charge in [-0.25, -0.2) is 4.68 Å². The van der Waals surface area contributed by atoms with Crippen molar-refractivity contribution in [3.63, 3.8) is 0 Å². The summed E-state index contributed by atoms with van der Waals surface area (Å²) < 4.78 is 1.22. The van der Waals surface area contributed by atoms with Gasteiger partial charge in [0.05, 0.1) is 11.7 Å². The van der Waals surface area contributed by atoms with E-state index in [-0.39, 0.29) is 24.1 Å². The van der Waals surface area contributed by atoms with Gasteiger partial charge in [0.25, 0.3) is 5.56 Å². The minimum Gasteiger partial charge on any atom is -0.337 e. The summed E-state index contributed by atoms with van der Waals surface area (Å²) in [5.74, 6) is -0.166. The molecule has 0 saturated heterocycles. The molecule has 3 rings (SSSR count). The number of amides is 1. The number of hydrogen-bond donors (Lipinski definition) is 0. The van der Waals surface area contributed by atoms with Crippen molar-refractivity contribution in [2.24, 2.45) is 0 Å². The third-order valence-corrected chi connectivity index (χ3v) is 4.48. The summed E-state index contributed by atoms with van der Waals surface area (Å²) in [4.78, 5) is 26.4. The van der Waals surface area contributed by atoms with Gasteiger partial charge in [-0.05, 0) is 18.6 Å². The van der Waals surface area contributed by atoms with E-state index in [0.717, 1.165) is 11.1 Å². The van der Waals surface area contributed by atoms with Crippen molar-refractivity contribution in [2.45, 2.75) is 19.5 Å². The zero-order valence-corrected chi connectivity index (χ0v) is 14.9. The van der Waals surface area contributed by atoms with Crippen LogP contribution in [0.25, 0.3) is 11.3 Å². The molecule has 0 radical (unpaired) electrons. The van der Waals surface area contributed by atoms with Crippen molar-refractivity contribution in [3.8, 4) is 11.3 Å². The fraction of sp³-hybridized carbons (Fsp3) is 0.190. The summed E-state index contributed by atoms with van der Waals surface area (Å²) in [6, 6.07) is 22.4. The number of likely N-dealkylation sites (N-methyl/N-ethyl adjacent to an activating group) is 1. The molecule has 1 unspecified atom stereocenters. The molecule has 1 atom stereocenters. The molecule has 5 nitrogen and oxygen atoms in total. The Morgan fingerprint density at radius 3 is 2.27 bits per heavy atom. The van der Waals surface area contributed by atoms with Crippen molar-refractivity contribution >= 4 is 5.91 Å². The van der Waals surface area contributed by atoms with E-state index < -0.39 is 0 Å². The van der Waals surface area contributed by atoms with Gasteiger partial charge in [0.1, 0.15) is 6.54 Å². The SMILES string of the molecule is CC(c1ccccc1)N(C)C(=O)Cn1nc(-c2ccccc2)ccc1=O. The minimum absolute atomic E-state index is 0.0864. The first-order valence-electron chi connectivity index (χ1n) is 8.50. The Bertz CT molecular complexity index is 936.